The number of halogens is 4. The molecule has 2 fully saturated rings. The van der Waals surface area contributed by atoms with Crippen molar-refractivity contribution in [2.75, 3.05) is 33.2 Å². The SMILES string of the molecule is CN1CCC(c2ccc(F)cc2)CC1.FC(F)(F)c1ccc(CN2CC[C@@H](c3ccsc3)C2)cc1. The average Bonchev–Trinajstić information content (AvgIpc) is 3.53. The molecule has 0 N–H and O–H groups in total. The molecule has 5 rings (SSSR count). The van der Waals surface area contributed by atoms with Crippen molar-refractivity contribution in [3.05, 3.63) is 93.4 Å². The van der Waals surface area contributed by atoms with E-state index < -0.39 is 11.7 Å². The lowest BCUT2D eigenvalue weighted by molar-refractivity contribution is -0.137. The van der Waals surface area contributed by atoms with Crippen LogP contribution in [-0.4, -0.2) is 43.0 Å². The minimum atomic E-state index is -4.25. The second-order valence-corrected chi connectivity index (χ2v) is 10.4. The Morgan fingerprint density at radius 2 is 1.49 bits per heavy atom. The summed E-state index contributed by atoms with van der Waals surface area (Å²) in [5.74, 6) is 1.05. The van der Waals surface area contributed by atoms with Crippen LogP contribution in [0.3, 0.4) is 0 Å². The van der Waals surface area contributed by atoms with Crippen LogP contribution in [0.5, 0.6) is 0 Å². The lowest BCUT2D eigenvalue weighted by atomic mass is 9.90. The van der Waals surface area contributed by atoms with Crippen LogP contribution >= 0.6 is 11.3 Å². The van der Waals surface area contributed by atoms with Gasteiger partial charge in [-0.1, -0.05) is 24.3 Å². The molecule has 2 aliphatic rings. The summed E-state index contributed by atoms with van der Waals surface area (Å²) in [5.41, 5.74) is 3.03. The van der Waals surface area contributed by atoms with E-state index in [1.165, 1.54) is 36.1 Å². The molecule has 2 aromatic carbocycles. The number of hydrogen-bond donors (Lipinski definition) is 0. The molecular weight excluding hydrogens is 472 g/mol. The van der Waals surface area contributed by atoms with E-state index in [1.807, 2.05) is 12.1 Å². The first kappa shape index (κ1) is 25.9. The molecule has 0 aliphatic carbocycles. The molecule has 3 heterocycles. The summed E-state index contributed by atoms with van der Waals surface area (Å²) in [6.07, 6.45) is -0.738. The van der Waals surface area contributed by atoms with Crippen LogP contribution in [0.15, 0.2) is 65.4 Å². The van der Waals surface area contributed by atoms with Crippen LogP contribution in [0.1, 0.15) is 53.4 Å². The van der Waals surface area contributed by atoms with Gasteiger partial charge in [0.15, 0.2) is 0 Å². The smallest absolute Gasteiger partial charge is 0.306 e. The molecular formula is C28H32F4N2S. The van der Waals surface area contributed by atoms with E-state index in [0.29, 0.717) is 11.8 Å². The minimum absolute atomic E-state index is 0.137. The van der Waals surface area contributed by atoms with Crippen LogP contribution in [0.4, 0.5) is 17.6 Å². The van der Waals surface area contributed by atoms with Gasteiger partial charge in [-0.05, 0) is 116 Å². The number of alkyl halides is 3. The van der Waals surface area contributed by atoms with Crippen LogP contribution in [-0.2, 0) is 12.7 Å². The maximum absolute atomic E-state index is 12.7. The Morgan fingerprint density at radius 3 is 2.09 bits per heavy atom. The lowest BCUT2D eigenvalue weighted by Crippen LogP contribution is -2.29. The number of hydrogen-bond acceptors (Lipinski definition) is 3. The Kier molecular flexibility index (Phi) is 8.63. The molecule has 0 unspecified atom stereocenters. The monoisotopic (exact) mass is 504 g/mol. The quantitative estimate of drug-likeness (QED) is 0.342. The molecule has 2 aliphatic heterocycles. The van der Waals surface area contributed by atoms with Crippen molar-refractivity contribution in [1.82, 2.24) is 9.80 Å². The molecule has 7 heteroatoms. The summed E-state index contributed by atoms with van der Waals surface area (Å²) in [6.45, 7) is 5.02. The van der Waals surface area contributed by atoms with Crippen LogP contribution in [0, 0.1) is 5.82 Å². The molecule has 35 heavy (non-hydrogen) atoms. The first-order chi connectivity index (χ1) is 16.8. The van der Waals surface area contributed by atoms with Gasteiger partial charge in [0.25, 0.3) is 0 Å². The predicted molar refractivity (Wildman–Crippen MR) is 134 cm³/mol. The molecule has 1 atom stereocenters. The van der Waals surface area contributed by atoms with Crippen molar-refractivity contribution < 1.29 is 17.6 Å². The van der Waals surface area contributed by atoms with E-state index in [1.54, 1.807) is 35.6 Å². The third-order valence-corrected chi connectivity index (χ3v) is 7.74. The summed E-state index contributed by atoms with van der Waals surface area (Å²) in [7, 11) is 2.15. The number of rotatable bonds is 4. The third-order valence-electron chi connectivity index (χ3n) is 7.03. The van der Waals surface area contributed by atoms with Gasteiger partial charge in [-0.2, -0.15) is 24.5 Å². The molecule has 1 aromatic heterocycles. The highest BCUT2D eigenvalue weighted by atomic mass is 32.1. The molecule has 2 nitrogen and oxygen atoms in total. The van der Waals surface area contributed by atoms with Crippen LogP contribution in [0.25, 0.3) is 0 Å². The van der Waals surface area contributed by atoms with Crippen LogP contribution in [0.2, 0.25) is 0 Å². The van der Waals surface area contributed by atoms with E-state index in [2.05, 4.69) is 33.7 Å². The highest BCUT2D eigenvalue weighted by molar-refractivity contribution is 7.08. The topological polar surface area (TPSA) is 6.48 Å². The molecule has 0 spiro atoms. The van der Waals surface area contributed by atoms with Gasteiger partial charge < -0.3 is 4.90 Å². The number of benzene rings is 2. The molecule has 0 radical (unpaired) electrons. The van der Waals surface area contributed by atoms with Gasteiger partial charge >= 0.3 is 6.18 Å². The van der Waals surface area contributed by atoms with Crippen LogP contribution < -0.4 is 0 Å². The number of likely N-dealkylation sites (tertiary alicyclic amines) is 2. The maximum atomic E-state index is 12.7. The largest absolute Gasteiger partial charge is 0.416 e. The second kappa shape index (κ2) is 11.7. The first-order valence-corrected chi connectivity index (χ1v) is 13.1. The molecule has 3 aromatic rings. The zero-order valence-corrected chi connectivity index (χ0v) is 20.8. The lowest BCUT2D eigenvalue weighted by Gasteiger charge is -2.29. The summed E-state index contributed by atoms with van der Waals surface area (Å²) in [5, 5.41) is 4.28. The van der Waals surface area contributed by atoms with E-state index in [4.69, 9.17) is 0 Å². The van der Waals surface area contributed by atoms with Crippen molar-refractivity contribution in [2.45, 2.75) is 43.8 Å². The fourth-order valence-corrected chi connectivity index (χ4v) is 5.63. The Hall–Kier alpha value is -2.22. The van der Waals surface area contributed by atoms with E-state index in [9.17, 15) is 17.6 Å². The molecule has 0 saturated carbocycles. The van der Waals surface area contributed by atoms with Gasteiger partial charge in [-0.25, -0.2) is 4.39 Å². The molecule has 0 amide bonds. The minimum Gasteiger partial charge on any atom is -0.306 e. The Balaban J connectivity index is 0.000000179. The zero-order valence-electron chi connectivity index (χ0n) is 20.0. The Morgan fingerprint density at radius 1 is 0.829 bits per heavy atom. The van der Waals surface area contributed by atoms with Gasteiger partial charge in [0, 0.05) is 13.1 Å². The normalized spacial score (nSPS) is 20.0. The summed E-state index contributed by atoms with van der Waals surface area (Å²) >= 11 is 1.71. The highest BCUT2D eigenvalue weighted by Crippen LogP contribution is 2.31. The van der Waals surface area contributed by atoms with E-state index >= 15 is 0 Å². The number of nitrogens with zero attached hydrogens (tertiary/aromatic N) is 2. The van der Waals surface area contributed by atoms with Crippen molar-refractivity contribution in [2.24, 2.45) is 0 Å². The standard InChI is InChI=1S/C16H16F3NS.C12H16FN/c17-16(18,19)15-3-1-12(2-4-15)9-20-7-5-13(10-20)14-6-8-21-11-14;1-14-8-6-11(7-9-14)10-2-4-12(13)5-3-10/h1-4,6,8,11,13H,5,7,9-10H2;2-5,11H,6-9H2,1H3/t13-;/m1./s1. The van der Waals surface area contributed by atoms with E-state index in [0.717, 1.165) is 44.7 Å². The zero-order chi connectivity index (χ0) is 24.8. The second-order valence-electron chi connectivity index (χ2n) is 9.60. The van der Waals surface area contributed by atoms with E-state index in [-0.39, 0.29) is 5.82 Å². The Labute approximate surface area is 209 Å². The Bertz CT molecular complexity index is 1020. The predicted octanol–water partition coefficient (Wildman–Crippen LogP) is 7.39. The van der Waals surface area contributed by atoms with Gasteiger partial charge in [0.05, 0.1) is 5.56 Å². The van der Waals surface area contributed by atoms with Gasteiger partial charge in [0.2, 0.25) is 0 Å². The number of piperidine rings is 1. The van der Waals surface area contributed by atoms with Crippen molar-refractivity contribution in [1.29, 1.82) is 0 Å². The fraction of sp³-hybridized carbons (Fsp3) is 0.429. The molecule has 0 bridgehead atoms. The summed E-state index contributed by atoms with van der Waals surface area (Å²) < 4.78 is 50.3. The summed E-state index contributed by atoms with van der Waals surface area (Å²) in [6, 6.07) is 14.6. The molecule has 188 valence electrons. The average molecular weight is 505 g/mol. The van der Waals surface area contributed by atoms with Crippen molar-refractivity contribution >= 4 is 11.3 Å². The number of thiophene rings is 1. The maximum Gasteiger partial charge on any atom is 0.416 e. The van der Waals surface area contributed by atoms with Gasteiger partial charge in [-0.15, -0.1) is 0 Å². The highest BCUT2D eigenvalue weighted by Gasteiger charge is 2.30. The van der Waals surface area contributed by atoms with Gasteiger partial charge in [0.1, 0.15) is 5.82 Å². The third kappa shape index (κ3) is 7.38. The first-order valence-electron chi connectivity index (χ1n) is 12.1. The summed E-state index contributed by atoms with van der Waals surface area (Å²) in [4.78, 5) is 4.66. The fourth-order valence-electron chi connectivity index (χ4n) is 4.89. The van der Waals surface area contributed by atoms with Crippen molar-refractivity contribution in [3.8, 4) is 0 Å². The van der Waals surface area contributed by atoms with Gasteiger partial charge in [-0.3, -0.25) is 4.90 Å². The van der Waals surface area contributed by atoms with Crippen molar-refractivity contribution in [3.63, 3.8) is 0 Å². The molecule has 2 saturated heterocycles.